The van der Waals surface area contributed by atoms with E-state index >= 15 is 0 Å². The third kappa shape index (κ3) is 7.50. The summed E-state index contributed by atoms with van der Waals surface area (Å²) in [5.74, 6) is 1.96. The summed E-state index contributed by atoms with van der Waals surface area (Å²) < 4.78 is 5.38. The second kappa shape index (κ2) is 15.9. The van der Waals surface area contributed by atoms with Crippen molar-refractivity contribution in [2.45, 2.75) is 157 Å². The second-order valence-electron chi connectivity index (χ2n) is 28.3. The molecule has 0 bridgehead atoms. The molecule has 0 atom stereocenters. The highest BCUT2D eigenvalue weighted by Crippen LogP contribution is 2.50. The van der Waals surface area contributed by atoms with Gasteiger partial charge in [-0.3, -0.25) is 0 Å². The van der Waals surface area contributed by atoms with Crippen LogP contribution in [0.3, 0.4) is 0 Å². The maximum absolute atomic E-state index is 5.48. The van der Waals surface area contributed by atoms with Crippen molar-refractivity contribution in [1.82, 2.24) is 24.1 Å². The van der Waals surface area contributed by atoms with Crippen molar-refractivity contribution in [2.75, 3.05) is 0 Å². The Labute approximate surface area is 446 Å². The van der Waals surface area contributed by atoms with Gasteiger partial charge in [-0.25, -0.2) is 15.0 Å². The van der Waals surface area contributed by atoms with Gasteiger partial charge in [-0.05, 0) is 107 Å². The summed E-state index contributed by atoms with van der Waals surface area (Å²) in [7, 11) is 0. The molecule has 0 unspecified atom stereocenters. The lowest BCUT2D eigenvalue weighted by atomic mass is 9.34. The Kier molecular flexibility index (Phi) is 10.4. The van der Waals surface area contributed by atoms with Crippen LogP contribution in [-0.2, 0) is 32.5 Å². The first kappa shape index (κ1) is 49.1. The van der Waals surface area contributed by atoms with Crippen molar-refractivity contribution in [3.05, 3.63) is 155 Å². The molecular formula is C69H74BN5. The molecule has 0 aliphatic carbocycles. The average Bonchev–Trinajstić information content (AvgIpc) is 3.91. The summed E-state index contributed by atoms with van der Waals surface area (Å²) in [5, 5.41) is 5.45. The van der Waals surface area contributed by atoms with Gasteiger partial charge in [-0.15, -0.1) is 0 Å². The zero-order valence-corrected chi connectivity index (χ0v) is 47.9. The van der Waals surface area contributed by atoms with Gasteiger partial charge < -0.3 is 9.13 Å². The Balaban J connectivity index is 1.35. The second-order valence-corrected chi connectivity index (χ2v) is 28.3. The molecule has 7 aromatic carbocycles. The predicted octanol–water partition coefficient (Wildman–Crippen LogP) is 16.0. The van der Waals surface area contributed by atoms with Crippen molar-refractivity contribution in [2.24, 2.45) is 0 Å². The molecule has 378 valence electrons. The SMILES string of the molecule is CC(C)(C)c1cc(C(C)(C)C)c2c3c(C(C)(C)C)ccc4c3n(c2c1)-c1cc(-c2nc(-c3ccccc3)nc(-c3ccccc3)n2)cc2c1B4c1ccc(C(C)(C)C)c3c4c(C(C)(C)C)cc(C(C)(C)C)cc4n-2c13. The molecule has 6 heteroatoms. The maximum atomic E-state index is 5.48. The smallest absolute Gasteiger partial charge is 0.252 e. The average molecular weight is 984 g/mol. The fourth-order valence-electron chi connectivity index (χ4n) is 12.7. The molecule has 0 radical (unpaired) electrons. The number of hydrogen-bond acceptors (Lipinski definition) is 3. The van der Waals surface area contributed by atoms with Crippen LogP contribution in [0.2, 0.25) is 0 Å². The van der Waals surface area contributed by atoms with Crippen LogP contribution >= 0.6 is 0 Å². The Morgan fingerprint density at radius 3 is 1.01 bits per heavy atom. The molecule has 2 aliphatic heterocycles. The topological polar surface area (TPSA) is 48.5 Å². The lowest BCUT2D eigenvalue weighted by Gasteiger charge is -2.35. The Morgan fingerprint density at radius 1 is 0.333 bits per heavy atom. The number of benzene rings is 7. The summed E-state index contributed by atoms with van der Waals surface area (Å²) in [5.41, 5.74) is 21.8. The van der Waals surface area contributed by atoms with Gasteiger partial charge in [0.25, 0.3) is 6.71 Å². The van der Waals surface area contributed by atoms with E-state index in [9.17, 15) is 0 Å². The van der Waals surface area contributed by atoms with E-state index in [1.165, 1.54) is 105 Å². The fraction of sp³-hybridized carbons (Fsp3) is 0.348. The van der Waals surface area contributed by atoms with E-state index < -0.39 is 0 Å². The molecule has 10 aromatic rings. The van der Waals surface area contributed by atoms with Crippen molar-refractivity contribution in [1.29, 1.82) is 0 Å². The van der Waals surface area contributed by atoms with Crippen molar-refractivity contribution in [3.8, 4) is 45.5 Å². The molecule has 5 heterocycles. The molecule has 12 rings (SSSR count). The van der Waals surface area contributed by atoms with Gasteiger partial charge in [-0.2, -0.15) is 0 Å². The van der Waals surface area contributed by atoms with Gasteiger partial charge >= 0.3 is 0 Å². The Hall–Kier alpha value is -6.79. The third-order valence-corrected chi connectivity index (χ3v) is 16.5. The number of aromatic nitrogens is 5. The first-order valence-electron chi connectivity index (χ1n) is 27.4. The first-order chi connectivity index (χ1) is 35.0. The van der Waals surface area contributed by atoms with Gasteiger partial charge in [0, 0.05) is 60.6 Å². The van der Waals surface area contributed by atoms with Gasteiger partial charge in [0.1, 0.15) is 0 Å². The van der Waals surface area contributed by atoms with Crippen molar-refractivity contribution < 1.29 is 0 Å². The van der Waals surface area contributed by atoms with Gasteiger partial charge in [0.2, 0.25) is 0 Å². The van der Waals surface area contributed by atoms with E-state index in [0.717, 1.165) is 16.7 Å². The van der Waals surface area contributed by atoms with Crippen LogP contribution in [0, 0.1) is 0 Å². The maximum Gasteiger partial charge on any atom is 0.252 e. The van der Waals surface area contributed by atoms with Crippen LogP contribution < -0.4 is 16.4 Å². The molecular weight excluding hydrogens is 910 g/mol. The summed E-state index contributed by atoms with van der Waals surface area (Å²) in [6.07, 6.45) is 0. The minimum Gasteiger partial charge on any atom is -0.310 e. The monoisotopic (exact) mass is 984 g/mol. The molecule has 0 saturated carbocycles. The lowest BCUT2D eigenvalue weighted by molar-refractivity contribution is 0.572. The third-order valence-electron chi connectivity index (χ3n) is 16.5. The van der Waals surface area contributed by atoms with Gasteiger partial charge in [0.15, 0.2) is 17.5 Å². The van der Waals surface area contributed by atoms with Crippen molar-refractivity contribution in [3.63, 3.8) is 0 Å². The molecule has 3 aromatic heterocycles. The van der Waals surface area contributed by atoms with Crippen LogP contribution in [-0.4, -0.2) is 30.8 Å². The summed E-state index contributed by atoms with van der Waals surface area (Å²) in [4.78, 5) is 16.2. The van der Waals surface area contributed by atoms with Gasteiger partial charge in [0.05, 0.1) is 11.0 Å². The van der Waals surface area contributed by atoms with E-state index in [4.69, 9.17) is 15.0 Å². The van der Waals surface area contributed by atoms with Crippen LogP contribution in [0.15, 0.2) is 121 Å². The minimum atomic E-state index is -0.144. The number of fused-ring (bicyclic) bond motifs is 10. The van der Waals surface area contributed by atoms with Crippen LogP contribution in [0.1, 0.15) is 158 Å². The van der Waals surface area contributed by atoms with E-state index in [1.807, 2.05) is 0 Å². The molecule has 0 spiro atoms. The van der Waals surface area contributed by atoms with Crippen LogP contribution in [0.5, 0.6) is 0 Å². The van der Waals surface area contributed by atoms with Crippen LogP contribution in [0.25, 0.3) is 89.2 Å². The van der Waals surface area contributed by atoms with E-state index in [2.05, 4.69) is 255 Å². The van der Waals surface area contributed by atoms with E-state index in [1.54, 1.807) is 0 Å². The molecule has 5 nitrogen and oxygen atoms in total. The van der Waals surface area contributed by atoms with Crippen molar-refractivity contribution >= 4 is 66.7 Å². The standard InChI is InChI=1S/C69H74BN5/c1-64(2,3)42-35-46(68(13,14)15)54-50(37-42)74-52-33-41(63-72-61(39-25-21-19-22-26-39)71-62(73-63)40-27-23-20-24-28-40)34-53-58(52)70(48-31-29-44(66(7,8)9)56(54)59(48)74)49-32-30-45(67(10,11)12)57-55-47(69(16,17)18)36-43(65(4,5)6)38-51(55)75(53)60(49)57/h19-38H,1-18H3. The highest BCUT2D eigenvalue weighted by molar-refractivity contribution is 7.00. The zero-order valence-electron chi connectivity index (χ0n) is 47.9. The predicted molar refractivity (Wildman–Crippen MR) is 322 cm³/mol. The molecule has 75 heavy (non-hydrogen) atoms. The number of rotatable bonds is 3. The first-order valence-corrected chi connectivity index (χ1v) is 27.4. The molecule has 0 amide bonds. The normalized spacial score (nSPS) is 14.0. The van der Waals surface area contributed by atoms with E-state index in [0.29, 0.717) is 17.5 Å². The Bertz CT molecular complexity index is 3780. The number of hydrogen-bond donors (Lipinski definition) is 0. The van der Waals surface area contributed by atoms with Crippen LogP contribution in [0.4, 0.5) is 0 Å². The summed E-state index contributed by atoms with van der Waals surface area (Å²) >= 11 is 0. The largest absolute Gasteiger partial charge is 0.310 e. The molecule has 0 fully saturated rings. The molecule has 0 saturated heterocycles. The molecule has 0 N–H and O–H groups in total. The number of nitrogens with zero attached hydrogens (tertiary/aromatic N) is 5. The van der Waals surface area contributed by atoms with Gasteiger partial charge in [-0.1, -0.05) is 222 Å². The highest BCUT2D eigenvalue weighted by atomic mass is 15.1. The van der Waals surface area contributed by atoms with E-state index in [-0.39, 0.29) is 39.2 Å². The summed E-state index contributed by atoms with van der Waals surface area (Å²) in [6, 6.07) is 45.8. The zero-order chi connectivity index (χ0) is 53.4. The quantitative estimate of drug-likeness (QED) is 0.166. The fourth-order valence-corrected chi connectivity index (χ4v) is 12.7. The summed E-state index contributed by atoms with van der Waals surface area (Å²) in [6.45, 7) is 42.9. The molecule has 2 aliphatic rings. The lowest BCUT2D eigenvalue weighted by Crippen LogP contribution is -2.59. The highest BCUT2D eigenvalue weighted by Gasteiger charge is 2.44. The minimum absolute atomic E-state index is 0.0517. The Morgan fingerprint density at radius 2 is 0.680 bits per heavy atom.